The van der Waals surface area contributed by atoms with Gasteiger partial charge in [0, 0.05) is 18.3 Å². The number of benzene rings is 2. The molecule has 132 valence electrons. The first-order chi connectivity index (χ1) is 12.0. The highest BCUT2D eigenvalue weighted by molar-refractivity contribution is 5.93. The van der Waals surface area contributed by atoms with E-state index in [0.717, 1.165) is 29.7 Å². The average Bonchev–Trinajstić information content (AvgIpc) is 3.41. The van der Waals surface area contributed by atoms with Crippen molar-refractivity contribution in [3.8, 4) is 0 Å². The molecule has 2 aromatic carbocycles. The van der Waals surface area contributed by atoms with Crippen molar-refractivity contribution < 1.29 is 9.18 Å². The monoisotopic (exact) mass is 340 g/mol. The van der Waals surface area contributed by atoms with Gasteiger partial charge in [-0.25, -0.2) is 4.39 Å². The summed E-state index contributed by atoms with van der Waals surface area (Å²) >= 11 is 0. The minimum absolute atomic E-state index is 0.00196. The second-order valence-electron chi connectivity index (χ2n) is 7.05. The number of hydrogen-bond donors (Lipinski definition) is 1. The van der Waals surface area contributed by atoms with Gasteiger partial charge in [-0.1, -0.05) is 44.2 Å². The van der Waals surface area contributed by atoms with Gasteiger partial charge in [0.1, 0.15) is 5.82 Å². The van der Waals surface area contributed by atoms with Crippen LogP contribution in [0.15, 0.2) is 48.5 Å². The van der Waals surface area contributed by atoms with E-state index in [1.807, 2.05) is 18.2 Å². The molecule has 1 N–H and O–H groups in total. The van der Waals surface area contributed by atoms with Crippen molar-refractivity contribution in [3.05, 3.63) is 65.5 Å². The molecule has 1 fully saturated rings. The van der Waals surface area contributed by atoms with E-state index in [0.29, 0.717) is 25.0 Å². The Morgan fingerprint density at radius 1 is 1.16 bits per heavy atom. The van der Waals surface area contributed by atoms with E-state index >= 15 is 0 Å². The van der Waals surface area contributed by atoms with Crippen molar-refractivity contribution in [1.82, 2.24) is 4.90 Å². The number of carbonyl (C=O) groups excluding carboxylic acids is 1. The Bertz CT molecular complexity index is 723. The van der Waals surface area contributed by atoms with Crippen LogP contribution in [0.2, 0.25) is 0 Å². The molecule has 2 aromatic rings. The third-order valence-corrected chi connectivity index (χ3v) is 4.57. The highest BCUT2D eigenvalue weighted by Gasteiger charge is 2.30. The normalized spacial score (nSPS) is 14.1. The molecule has 1 amide bonds. The molecule has 0 atom stereocenters. The van der Waals surface area contributed by atoms with Crippen LogP contribution in [-0.4, -0.2) is 23.4 Å². The zero-order valence-electron chi connectivity index (χ0n) is 14.8. The molecular weight excluding hydrogens is 315 g/mol. The lowest BCUT2D eigenvalue weighted by Crippen LogP contribution is -2.34. The van der Waals surface area contributed by atoms with E-state index in [-0.39, 0.29) is 11.7 Å². The number of nitrogens with zero attached hydrogens (tertiary/aromatic N) is 1. The third kappa shape index (κ3) is 4.89. The fourth-order valence-corrected chi connectivity index (χ4v) is 3.07. The number of halogens is 1. The Balaban J connectivity index is 1.64. The molecule has 1 aliphatic rings. The maximum atomic E-state index is 13.1. The standard InChI is InChI=1S/C21H25FN2O/c1-15(2)19-5-3-4-6-20(19)23-21(25)14-24(18-11-12-18)13-16-7-9-17(22)10-8-16/h3-10,15,18H,11-14H2,1-2H3,(H,23,25). The fraction of sp³-hybridized carbons (Fsp3) is 0.381. The number of anilines is 1. The first kappa shape index (κ1) is 17.6. The van der Waals surface area contributed by atoms with Gasteiger partial charge in [0.25, 0.3) is 0 Å². The Kier molecular flexibility index (Phi) is 5.49. The molecule has 0 aromatic heterocycles. The first-order valence-electron chi connectivity index (χ1n) is 8.90. The number of nitrogens with one attached hydrogen (secondary N) is 1. The van der Waals surface area contributed by atoms with Gasteiger partial charge in [-0.15, -0.1) is 0 Å². The molecule has 0 unspecified atom stereocenters. The van der Waals surface area contributed by atoms with Gasteiger partial charge in [-0.05, 0) is 48.1 Å². The molecule has 4 heteroatoms. The predicted molar refractivity (Wildman–Crippen MR) is 99.0 cm³/mol. The number of carbonyl (C=O) groups is 1. The minimum atomic E-state index is -0.232. The lowest BCUT2D eigenvalue weighted by atomic mass is 10.0. The molecular formula is C21H25FN2O. The van der Waals surface area contributed by atoms with Gasteiger partial charge < -0.3 is 5.32 Å². The number of amides is 1. The Hall–Kier alpha value is -2.20. The molecule has 0 heterocycles. The van der Waals surface area contributed by atoms with Crippen LogP contribution in [0.5, 0.6) is 0 Å². The van der Waals surface area contributed by atoms with Gasteiger partial charge in [-0.2, -0.15) is 0 Å². The van der Waals surface area contributed by atoms with E-state index in [1.165, 1.54) is 12.1 Å². The summed E-state index contributed by atoms with van der Waals surface area (Å²) in [5.74, 6) is 0.127. The van der Waals surface area contributed by atoms with Crippen LogP contribution in [0.3, 0.4) is 0 Å². The molecule has 0 radical (unpaired) electrons. The summed E-state index contributed by atoms with van der Waals surface area (Å²) in [7, 11) is 0. The van der Waals surface area contributed by atoms with E-state index in [4.69, 9.17) is 0 Å². The minimum Gasteiger partial charge on any atom is -0.325 e. The van der Waals surface area contributed by atoms with E-state index in [1.54, 1.807) is 12.1 Å². The number of hydrogen-bond acceptors (Lipinski definition) is 2. The van der Waals surface area contributed by atoms with E-state index in [2.05, 4.69) is 30.1 Å². The molecule has 0 bridgehead atoms. The first-order valence-corrected chi connectivity index (χ1v) is 8.90. The maximum absolute atomic E-state index is 13.1. The van der Waals surface area contributed by atoms with Crippen molar-refractivity contribution in [3.63, 3.8) is 0 Å². The van der Waals surface area contributed by atoms with Crippen molar-refractivity contribution in [1.29, 1.82) is 0 Å². The van der Waals surface area contributed by atoms with Gasteiger partial charge in [0.15, 0.2) is 0 Å². The van der Waals surface area contributed by atoms with Crippen LogP contribution >= 0.6 is 0 Å². The predicted octanol–water partition coefficient (Wildman–Crippen LogP) is 4.55. The molecule has 0 saturated heterocycles. The van der Waals surface area contributed by atoms with Crippen LogP contribution in [0.25, 0.3) is 0 Å². The van der Waals surface area contributed by atoms with Crippen molar-refractivity contribution in [2.75, 3.05) is 11.9 Å². The molecule has 0 spiro atoms. The molecule has 3 rings (SSSR count). The smallest absolute Gasteiger partial charge is 0.238 e. The van der Waals surface area contributed by atoms with Gasteiger partial charge in [0.2, 0.25) is 5.91 Å². The lowest BCUT2D eigenvalue weighted by Gasteiger charge is -2.22. The largest absolute Gasteiger partial charge is 0.325 e. The second-order valence-corrected chi connectivity index (χ2v) is 7.05. The zero-order chi connectivity index (χ0) is 17.8. The van der Waals surface area contributed by atoms with Gasteiger partial charge >= 0.3 is 0 Å². The van der Waals surface area contributed by atoms with Crippen molar-refractivity contribution in [2.24, 2.45) is 0 Å². The number of rotatable bonds is 7. The summed E-state index contributed by atoms with van der Waals surface area (Å²) in [4.78, 5) is 14.7. The van der Waals surface area contributed by atoms with Crippen LogP contribution in [-0.2, 0) is 11.3 Å². The Labute approximate surface area is 148 Å². The van der Waals surface area contributed by atoms with Gasteiger partial charge in [0.05, 0.1) is 6.54 Å². The molecule has 25 heavy (non-hydrogen) atoms. The summed E-state index contributed by atoms with van der Waals surface area (Å²) in [5.41, 5.74) is 3.07. The highest BCUT2D eigenvalue weighted by atomic mass is 19.1. The van der Waals surface area contributed by atoms with Crippen LogP contribution < -0.4 is 5.32 Å². The zero-order valence-corrected chi connectivity index (χ0v) is 14.8. The summed E-state index contributed by atoms with van der Waals surface area (Å²) in [6, 6.07) is 14.9. The van der Waals surface area contributed by atoms with Crippen molar-refractivity contribution >= 4 is 11.6 Å². The van der Waals surface area contributed by atoms with Gasteiger partial charge in [-0.3, -0.25) is 9.69 Å². The van der Waals surface area contributed by atoms with E-state index in [9.17, 15) is 9.18 Å². The summed E-state index contributed by atoms with van der Waals surface area (Å²) in [6.07, 6.45) is 2.24. The second kappa shape index (κ2) is 7.79. The van der Waals surface area contributed by atoms with Crippen LogP contribution in [0.1, 0.15) is 43.7 Å². The van der Waals surface area contributed by atoms with Crippen LogP contribution in [0, 0.1) is 5.82 Å². The Morgan fingerprint density at radius 2 is 1.84 bits per heavy atom. The molecule has 0 aliphatic heterocycles. The van der Waals surface area contributed by atoms with E-state index < -0.39 is 0 Å². The molecule has 1 saturated carbocycles. The summed E-state index contributed by atoms with van der Waals surface area (Å²) in [6.45, 7) is 5.27. The quantitative estimate of drug-likeness (QED) is 0.802. The Morgan fingerprint density at radius 3 is 2.48 bits per heavy atom. The van der Waals surface area contributed by atoms with Crippen LogP contribution in [0.4, 0.5) is 10.1 Å². The molecule has 3 nitrogen and oxygen atoms in total. The lowest BCUT2D eigenvalue weighted by molar-refractivity contribution is -0.117. The SMILES string of the molecule is CC(C)c1ccccc1NC(=O)CN(Cc1ccc(F)cc1)C1CC1. The fourth-order valence-electron chi connectivity index (χ4n) is 3.07. The average molecular weight is 340 g/mol. The van der Waals surface area contributed by atoms with Crippen molar-refractivity contribution in [2.45, 2.75) is 45.2 Å². The summed E-state index contributed by atoms with van der Waals surface area (Å²) in [5, 5.41) is 3.06. The molecule has 1 aliphatic carbocycles. The third-order valence-electron chi connectivity index (χ3n) is 4.57. The maximum Gasteiger partial charge on any atom is 0.238 e. The number of para-hydroxylation sites is 1. The highest BCUT2D eigenvalue weighted by Crippen LogP contribution is 2.29. The topological polar surface area (TPSA) is 32.3 Å². The summed E-state index contributed by atoms with van der Waals surface area (Å²) < 4.78 is 13.1.